The highest BCUT2D eigenvalue weighted by Crippen LogP contribution is 2.49. The van der Waals surface area contributed by atoms with E-state index < -0.39 is 5.41 Å². The first-order valence-corrected chi connectivity index (χ1v) is 8.17. The van der Waals surface area contributed by atoms with Gasteiger partial charge in [-0.1, -0.05) is 32.9 Å². The van der Waals surface area contributed by atoms with E-state index in [-0.39, 0.29) is 17.1 Å². The average Bonchev–Trinajstić information content (AvgIpc) is 3.12. The second kappa shape index (κ2) is 5.16. The normalized spacial score (nSPS) is 16.4. The smallest absolute Gasteiger partial charge is 0.236 e. The average molecular weight is 318 g/mol. The van der Waals surface area contributed by atoms with Crippen molar-refractivity contribution in [2.45, 2.75) is 44.4 Å². The minimum absolute atomic E-state index is 0.0144. The molecule has 1 aliphatic rings. The third-order valence-electron chi connectivity index (χ3n) is 4.03. The Morgan fingerprint density at radius 2 is 2.09 bits per heavy atom. The SMILES string of the molecule is CC(C)(C)c1cnc(NC(=O)C2(c3cccc(F)c3)CC2)s1. The third kappa shape index (κ3) is 2.77. The van der Waals surface area contributed by atoms with Gasteiger partial charge in [0.15, 0.2) is 5.13 Å². The topological polar surface area (TPSA) is 42.0 Å². The fourth-order valence-electron chi connectivity index (χ4n) is 2.45. The molecule has 5 heteroatoms. The Bertz CT molecular complexity index is 713. The van der Waals surface area contributed by atoms with Crippen LogP contribution in [-0.4, -0.2) is 10.9 Å². The lowest BCUT2D eigenvalue weighted by Crippen LogP contribution is -2.27. The third-order valence-corrected chi connectivity index (χ3v) is 5.37. The van der Waals surface area contributed by atoms with Crippen LogP contribution in [0.25, 0.3) is 0 Å². The quantitative estimate of drug-likeness (QED) is 0.919. The number of thiazole rings is 1. The van der Waals surface area contributed by atoms with Gasteiger partial charge in [0, 0.05) is 11.1 Å². The highest BCUT2D eigenvalue weighted by molar-refractivity contribution is 7.15. The van der Waals surface area contributed by atoms with Crippen molar-refractivity contribution in [2.75, 3.05) is 5.32 Å². The Morgan fingerprint density at radius 1 is 1.36 bits per heavy atom. The van der Waals surface area contributed by atoms with Crippen LogP contribution < -0.4 is 5.32 Å². The summed E-state index contributed by atoms with van der Waals surface area (Å²) in [5, 5.41) is 3.51. The lowest BCUT2D eigenvalue weighted by Gasteiger charge is -2.15. The molecule has 0 aliphatic heterocycles. The number of anilines is 1. The summed E-state index contributed by atoms with van der Waals surface area (Å²) in [6.07, 6.45) is 3.31. The zero-order valence-electron chi connectivity index (χ0n) is 12.9. The largest absolute Gasteiger partial charge is 0.301 e. The summed E-state index contributed by atoms with van der Waals surface area (Å²) in [6.45, 7) is 6.34. The number of hydrogen-bond donors (Lipinski definition) is 1. The van der Waals surface area contributed by atoms with Crippen LogP contribution in [0.2, 0.25) is 0 Å². The van der Waals surface area contributed by atoms with Gasteiger partial charge in [0.2, 0.25) is 5.91 Å². The van der Waals surface area contributed by atoms with E-state index in [9.17, 15) is 9.18 Å². The van der Waals surface area contributed by atoms with Crippen LogP contribution >= 0.6 is 11.3 Å². The molecule has 0 atom stereocenters. The van der Waals surface area contributed by atoms with Crippen molar-refractivity contribution in [3.8, 4) is 0 Å². The van der Waals surface area contributed by atoms with Crippen LogP contribution in [0.4, 0.5) is 9.52 Å². The van der Waals surface area contributed by atoms with Crippen molar-refractivity contribution in [2.24, 2.45) is 0 Å². The molecule has 1 aromatic heterocycles. The standard InChI is InChI=1S/C17H19FN2OS/c1-16(2,3)13-10-19-15(22-13)20-14(21)17(7-8-17)11-5-4-6-12(18)9-11/h4-6,9-10H,7-8H2,1-3H3,(H,19,20,21). The Labute approximate surface area is 133 Å². The van der Waals surface area contributed by atoms with E-state index in [1.165, 1.54) is 23.5 Å². The van der Waals surface area contributed by atoms with Crippen LogP contribution in [0, 0.1) is 5.82 Å². The molecule has 1 aliphatic carbocycles. The van der Waals surface area contributed by atoms with Gasteiger partial charge in [-0.15, -0.1) is 11.3 Å². The Morgan fingerprint density at radius 3 is 2.64 bits per heavy atom. The molecule has 1 N–H and O–H groups in total. The van der Waals surface area contributed by atoms with Crippen LogP contribution in [-0.2, 0) is 15.6 Å². The predicted molar refractivity (Wildman–Crippen MR) is 86.8 cm³/mol. The zero-order chi connectivity index (χ0) is 16.0. The summed E-state index contributed by atoms with van der Waals surface area (Å²) >= 11 is 1.49. The van der Waals surface area contributed by atoms with Crippen molar-refractivity contribution < 1.29 is 9.18 Å². The minimum Gasteiger partial charge on any atom is -0.301 e. The molecule has 1 amide bonds. The molecule has 0 spiro atoms. The summed E-state index contributed by atoms with van der Waals surface area (Å²) in [5.74, 6) is -0.395. The number of halogens is 1. The molecule has 1 heterocycles. The molecule has 22 heavy (non-hydrogen) atoms. The van der Waals surface area contributed by atoms with Gasteiger partial charge in [0.25, 0.3) is 0 Å². The van der Waals surface area contributed by atoms with Gasteiger partial charge in [-0.25, -0.2) is 9.37 Å². The minimum atomic E-state index is -0.588. The summed E-state index contributed by atoms with van der Waals surface area (Å²) in [7, 11) is 0. The van der Waals surface area contributed by atoms with Gasteiger partial charge < -0.3 is 5.32 Å². The Hall–Kier alpha value is -1.75. The van der Waals surface area contributed by atoms with Crippen LogP contribution in [0.1, 0.15) is 44.1 Å². The van der Waals surface area contributed by atoms with Crippen LogP contribution in [0.3, 0.4) is 0 Å². The molecule has 1 aromatic carbocycles. The number of rotatable bonds is 3. The van der Waals surface area contributed by atoms with E-state index >= 15 is 0 Å². The first kappa shape index (κ1) is 15.2. The van der Waals surface area contributed by atoms with Gasteiger partial charge in [0.05, 0.1) is 5.41 Å². The molecule has 1 fully saturated rings. The van der Waals surface area contributed by atoms with Crippen LogP contribution in [0.5, 0.6) is 0 Å². The molecular formula is C17H19FN2OS. The maximum atomic E-state index is 13.4. The van der Waals surface area contributed by atoms with Gasteiger partial charge in [-0.05, 0) is 36.0 Å². The van der Waals surface area contributed by atoms with E-state index in [0.717, 1.165) is 23.3 Å². The van der Waals surface area contributed by atoms with Crippen molar-refractivity contribution >= 4 is 22.4 Å². The molecule has 0 saturated heterocycles. The maximum absolute atomic E-state index is 13.4. The molecule has 3 nitrogen and oxygen atoms in total. The molecule has 116 valence electrons. The first-order chi connectivity index (χ1) is 10.3. The highest BCUT2D eigenvalue weighted by Gasteiger charge is 2.51. The maximum Gasteiger partial charge on any atom is 0.236 e. The number of nitrogens with one attached hydrogen (secondary N) is 1. The fraction of sp³-hybridized carbons (Fsp3) is 0.412. The highest BCUT2D eigenvalue weighted by atomic mass is 32.1. The first-order valence-electron chi connectivity index (χ1n) is 7.35. The predicted octanol–water partition coefficient (Wildman–Crippen LogP) is 4.25. The zero-order valence-corrected chi connectivity index (χ0v) is 13.8. The lowest BCUT2D eigenvalue weighted by atomic mass is 9.95. The second-order valence-corrected chi connectivity index (χ2v) is 7.86. The van der Waals surface area contributed by atoms with E-state index in [1.807, 2.05) is 12.3 Å². The molecule has 2 aromatic rings. The fourth-order valence-corrected chi connectivity index (χ4v) is 3.32. The number of hydrogen-bond acceptors (Lipinski definition) is 3. The van der Waals surface area contributed by atoms with Gasteiger partial charge in [-0.3, -0.25) is 4.79 Å². The van der Waals surface area contributed by atoms with E-state index in [0.29, 0.717) is 5.13 Å². The Kier molecular flexibility index (Phi) is 3.56. The van der Waals surface area contributed by atoms with Gasteiger partial charge in [0.1, 0.15) is 5.82 Å². The van der Waals surface area contributed by atoms with Crippen molar-refractivity contribution in [1.82, 2.24) is 4.98 Å². The van der Waals surface area contributed by atoms with Crippen molar-refractivity contribution in [3.05, 3.63) is 46.7 Å². The lowest BCUT2D eigenvalue weighted by molar-refractivity contribution is -0.118. The second-order valence-electron chi connectivity index (χ2n) is 6.83. The molecule has 3 rings (SSSR count). The van der Waals surface area contributed by atoms with E-state index in [2.05, 4.69) is 31.1 Å². The summed E-state index contributed by atoms with van der Waals surface area (Å²) in [6, 6.07) is 6.32. The number of benzene rings is 1. The number of nitrogens with zero attached hydrogens (tertiary/aromatic N) is 1. The molecule has 0 unspecified atom stereocenters. The monoisotopic (exact) mass is 318 g/mol. The summed E-state index contributed by atoms with van der Waals surface area (Å²) < 4.78 is 13.4. The van der Waals surface area contributed by atoms with Crippen molar-refractivity contribution in [3.63, 3.8) is 0 Å². The number of amides is 1. The number of carbonyl (C=O) groups excluding carboxylic acids is 1. The molecule has 1 saturated carbocycles. The van der Waals surface area contributed by atoms with Crippen molar-refractivity contribution in [1.29, 1.82) is 0 Å². The molecule has 0 bridgehead atoms. The summed E-state index contributed by atoms with van der Waals surface area (Å²) in [4.78, 5) is 18.0. The van der Waals surface area contributed by atoms with Gasteiger partial charge in [-0.2, -0.15) is 0 Å². The summed E-state index contributed by atoms with van der Waals surface area (Å²) in [5.41, 5.74) is 0.175. The molecular weight excluding hydrogens is 299 g/mol. The van der Waals surface area contributed by atoms with E-state index in [4.69, 9.17) is 0 Å². The number of aromatic nitrogens is 1. The van der Waals surface area contributed by atoms with Gasteiger partial charge >= 0.3 is 0 Å². The van der Waals surface area contributed by atoms with Crippen LogP contribution in [0.15, 0.2) is 30.5 Å². The Balaban J connectivity index is 1.79. The van der Waals surface area contributed by atoms with E-state index in [1.54, 1.807) is 6.07 Å². The number of carbonyl (C=O) groups is 1. The molecule has 0 radical (unpaired) electrons.